The van der Waals surface area contributed by atoms with Crippen LogP contribution in [-0.2, 0) is 13.1 Å². The number of hydrogen-bond donors (Lipinski definition) is 0. The van der Waals surface area contributed by atoms with Crippen molar-refractivity contribution in [2.45, 2.75) is 32.0 Å². The quantitative estimate of drug-likeness (QED) is 0.721. The lowest BCUT2D eigenvalue weighted by Crippen LogP contribution is -2.32. The van der Waals surface area contributed by atoms with Crippen LogP contribution in [0, 0.1) is 5.82 Å². The Morgan fingerprint density at radius 1 is 1.29 bits per heavy atom. The molecule has 0 amide bonds. The molecular formula is C18H19FN4O. The summed E-state index contributed by atoms with van der Waals surface area (Å²) in [5.74, 6) is 0.179. The molecule has 1 aliphatic heterocycles. The Morgan fingerprint density at radius 2 is 2.25 bits per heavy atom. The van der Waals surface area contributed by atoms with Crippen molar-refractivity contribution >= 4 is 0 Å². The van der Waals surface area contributed by atoms with E-state index in [9.17, 15) is 4.39 Å². The molecule has 0 saturated carbocycles. The molecular weight excluding hydrogens is 307 g/mol. The first-order valence-corrected chi connectivity index (χ1v) is 8.20. The molecule has 24 heavy (non-hydrogen) atoms. The van der Waals surface area contributed by atoms with Crippen LogP contribution in [0.2, 0.25) is 0 Å². The monoisotopic (exact) mass is 326 g/mol. The van der Waals surface area contributed by atoms with Gasteiger partial charge in [0, 0.05) is 30.5 Å². The summed E-state index contributed by atoms with van der Waals surface area (Å²) < 4.78 is 20.8. The van der Waals surface area contributed by atoms with Gasteiger partial charge in [-0.3, -0.25) is 9.58 Å². The first kappa shape index (κ1) is 15.1. The van der Waals surface area contributed by atoms with Crippen molar-refractivity contribution in [1.29, 1.82) is 0 Å². The predicted molar refractivity (Wildman–Crippen MR) is 87.6 cm³/mol. The smallest absolute Gasteiger partial charge is 0.226 e. The van der Waals surface area contributed by atoms with E-state index in [1.54, 1.807) is 18.4 Å². The zero-order chi connectivity index (χ0) is 16.4. The molecule has 1 aromatic carbocycles. The normalized spacial score (nSPS) is 18.3. The largest absolute Gasteiger partial charge is 0.444 e. The molecule has 2 aromatic heterocycles. The Kier molecular flexibility index (Phi) is 4.13. The third kappa shape index (κ3) is 3.23. The average Bonchev–Trinajstić information content (AvgIpc) is 3.32. The van der Waals surface area contributed by atoms with E-state index < -0.39 is 0 Å². The van der Waals surface area contributed by atoms with Gasteiger partial charge in [-0.1, -0.05) is 6.07 Å². The maximum absolute atomic E-state index is 13.3. The fourth-order valence-electron chi connectivity index (χ4n) is 3.28. The van der Waals surface area contributed by atoms with E-state index in [4.69, 9.17) is 4.42 Å². The standard InChI is InChI=1S/C18H19FN4O/c19-15-5-1-4-14(10-15)18-21-16(13-24-18)11-22-8-2-6-17(22)12-23-9-3-7-20-23/h1,3-5,7,9-10,13,17H,2,6,8,11-12H2/t17-/m1/s1. The van der Waals surface area contributed by atoms with E-state index in [0.717, 1.165) is 31.7 Å². The zero-order valence-electron chi connectivity index (χ0n) is 13.3. The molecule has 3 heterocycles. The fraction of sp³-hybridized carbons (Fsp3) is 0.333. The fourth-order valence-corrected chi connectivity index (χ4v) is 3.28. The van der Waals surface area contributed by atoms with Crippen molar-refractivity contribution in [3.8, 4) is 11.5 Å². The van der Waals surface area contributed by atoms with Crippen LogP contribution in [0.15, 0.2) is 53.4 Å². The summed E-state index contributed by atoms with van der Waals surface area (Å²) in [4.78, 5) is 6.93. The summed E-state index contributed by atoms with van der Waals surface area (Å²) in [6.45, 7) is 2.68. The van der Waals surface area contributed by atoms with Gasteiger partial charge < -0.3 is 4.42 Å². The second-order valence-electron chi connectivity index (χ2n) is 6.15. The predicted octanol–water partition coefficient (Wildman–Crippen LogP) is 3.34. The van der Waals surface area contributed by atoms with Crippen LogP contribution in [0.5, 0.6) is 0 Å². The second-order valence-corrected chi connectivity index (χ2v) is 6.15. The number of likely N-dealkylation sites (tertiary alicyclic amines) is 1. The highest BCUT2D eigenvalue weighted by Gasteiger charge is 2.26. The molecule has 0 N–H and O–H groups in total. The number of halogens is 1. The molecule has 5 nitrogen and oxygen atoms in total. The summed E-state index contributed by atoms with van der Waals surface area (Å²) in [5.41, 5.74) is 1.54. The molecule has 1 fully saturated rings. The van der Waals surface area contributed by atoms with Gasteiger partial charge in [0.1, 0.15) is 12.1 Å². The highest BCUT2D eigenvalue weighted by Crippen LogP contribution is 2.24. The molecule has 0 aliphatic carbocycles. The lowest BCUT2D eigenvalue weighted by atomic mass is 10.2. The Morgan fingerprint density at radius 3 is 3.08 bits per heavy atom. The Bertz CT molecular complexity index is 799. The minimum atomic E-state index is -0.286. The van der Waals surface area contributed by atoms with Crippen molar-refractivity contribution in [2.24, 2.45) is 0 Å². The minimum absolute atomic E-state index is 0.286. The Balaban J connectivity index is 1.45. The van der Waals surface area contributed by atoms with Crippen LogP contribution in [0.4, 0.5) is 4.39 Å². The second kappa shape index (κ2) is 6.57. The first-order valence-electron chi connectivity index (χ1n) is 8.20. The van der Waals surface area contributed by atoms with Crippen LogP contribution >= 0.6 is 0 Å². The highest BCUT2D eigenvalue weighted by molar-refractivity contribution is 5.52. The zero-order valence-corrected chi connectivity index (χ0v) is 13.3. The van der Waals surface area contributed by atoms with Gasteiger partial charge in [-0.2, -0.15) is 5.10 Å². The van der Waals surface area contributed by atoms with Crippen LogP contribution in [0.25, 0.3) is 11.5 Å². The highest BCUT2D eigenvalue weighted by atomic mass is 19.1. The molecule has 124 valence electrons. The van der Waals surface area contributed by atoms with Crippen molar-refractivity contribution in [1.82, 2.24) is 19.7 Å². The summed E-state index contributed by atoms with van der Waals surface area (Å²) >= 11 is 0. The molecule has 0 radical (unpaired) electrons. The molecule has 1 saturated heterocycles. The van der Waals surface area contributed by atoms with Gasteiger partial charge in [-0.05, 0) is 43.7 Å². The third-order valence-corrected chi connectivity index (χ3v) is 4.44. The van der Waals surface area contributed by atoms with Gasteiger partial charge in [-0.15, -0.1) is 0 Å². The molecule has 3 aromatic rings. The van der Waals surface area contributed by atoms with Crippen molar-refractivity contribution in [2.75, 3.05) is 6.54 Å². The minimum Gasteiger partial charge on any atom is -0.444 e. The van der Waals surface area contributed by atoms with Gasteiger partial charge >= 0.3 is 0 Å². The SMILES string of the molecule is Fc1cccc(-c2nc(CN3CCC[C@@H]3Cn3cccn3)co2)c1. The average molecular weight is 326 g/mol. The first-order chi connectivity index (χ1) is 11.8. The molecule has 0 spiro atoms. The molecule has 1 aliphatic rings. The van der Waals surface area contributed by atoms with E-state index in [0.29, 0.717) is 17.5 Å². The third-order valence-electron chi connectivity index (χ3n) is 4.44. The van der Waals surface area contributed by atoms with Crippen LogP contribution < -0.4 is 0 Å². The molecule has 0 unspecified atom stereocenters. The molecule has 6 heteroatoms. The van der Waals surface area contributed by atoms with Gasteiger partial charge in [0.05, 0.1) is 12.2 Å². The number of oxazole rings is 1. The topological polar surface area (TPSA) is 47.1 Å². The molecule has 1 atom stereocenters. The van der Waals surface area contributed by atoms with Gasteiger partial charge in [0.2, 0.25) is 5.89 Å². The Hall–Kier alpha value is -2.47. The van der Waals surface area contributed by atoms with Gasteiger partial charge in [0.15, 0.2) is 0 Å². The summed E-state index contributed by atoms with van der Waals surface area (Å²) in [6.07, 6.45) is 7.81. The maximum atomic E-state index is 13.3. The van der Waals surface area contributed by atoms with E-state index >= 15 is 0 Å². The van der Waals surface area contributed by atoms with Crippen LogP contribution in [0.1, 0.15) is 18.5 Å². The van der Waals surface area contributed by atoms with E-state index in [1.165, 1.54) is 18.6 Å². The summed E-state index contributed by atoms with van der Waals surface area (Å²) in [7, 11) is 0. The van der Waals surface area contributed by atoms with Crippen molar-refractivity contribution in [3.63, 3.8) is 0 Å². The van der Waals surface area contributed by atoms with Gasteiger partial charge in [0.25, 0.3) is 0 Å². The van der Waals surface area contributed by atoms with Crippen molar-refractivity contribution < 1.29 is 8.81 Å². The summed E-state index contributed by atoms with van der Waals surface area (Å²) in [6, 6.07) is 8.72. The Labute approximate surface area is 139 Å². The molecule has 0 bridgehead atoms. The van der Waals surface area contributed by atoms with Crippen LogP contribution in [0.3, 0.4) is 0 Å². The number of benzene rings is 1. The summed E-state index contributed by atoms with van der Waals surface area (Å²) in [5, 5.41) is 4.29. The number of aromatic nitrogens is 3. The van der Waals surface area contributed by atoms with Crippen molar-refractivity contribution in [3.05, 3.63) is 60.5 Å². The van der Waals surface area contributed by atoms with E-state index in [2.05, 4.69) is 15.0 Å². The lowest BCUT2D eigenvalue weighted by Gasteiger charge is -2.23. The maximum Gasteiger partial charge on any atom is 0.226 e. The van der Waals surface area contributed by atoms with Gasteiger partial charge in [-0.25, -0.2) is 9.37 Å². The van der Waals surface area contributed by atoms with Crippen LogP contribution in [-0.4, -0.2) is 32.3 Å². The number of nitrogens with zero attached hydrogens (tertiary/aromatic N) is 4. The molecule has 4 rings (SSSR count). The van der Waals surface area contributed by atoms with E-state index in [-0.39, 0.29) is 5.82 Å². The van der Waals surface area contributed by atoms with E-state index in [1.807, 2.05) is 23.1 Å². The number of rotatable bonds is 5. The number of hydrogen-bond acceptors (Lipinski definition) is 4. The lowest BCUT2D eigenvalue weighted by molar-refractivity contribution is 0.217.